The van der Waals surface area contributed by atoms with E-state index in [0.29, 0.717) is 18.1 Å². The van der Waals surface area contributed by atoms with E-state index < -0.39 is 0 Å². The monoisotopic (exact) mass is 329 g/mol. The van der Waals surface area contributed by atoms with Crippen LogP contribution < -0.4 is 10.6 Å². The summed E-state index contributed by atoms with van der Waals surface area (Å²) >= 11 is 0. The minimum Gasteiger partial charge on any atom is -0.444 e. The molecule has 2 aromatic rings. The fourth-order valence-electron chi connectivity index (χ4n) is 3.11. The predicted octanol–water partition coefficient (Wildman–Crippen LogP) is 2.69. The zero-order valence-corrected chi connectivity index (χ0v) is 13.6. The molecule has 6 nitrogen and oxygen atoms in total. The lowest BCUT2D eigenvalue weighted by Crippen LogP contribution is -2.47. The summed E-state index contributed by atoms with van der Waals surface area (Å²) in [6, 6.07) is 9.44. The Morgan fingerprint density at radius 2 is 2.04 bits per heavy atom. The second-order valence-electron chi connectivity index (χ2n) is 6.17. The molecule has 1 heterocycles. The van der Waals surface area contributed by atoms with Crippen molar-refractivity contribution in [2.45, 2.75) is 38.3 Å². The topological polar surface area (TPSA) is 87.4 Å². The van der Waals surface area contributed by atoms with Gasteiger partial charge in [0, 0.05) is 24.1 Å². The third-order valence-corrected chi connectivity index (χ3v) is 4.46. The van der Waals surface area contributed by atoms with Gasteiger partial charge in [-0.25, -0.2) is 9.78 Å². The summed E-state index contributed by atoms with van der Waals surface area (Å²) in [7, 11) is 0. The quantitative estimate of drug-likeness (QED) is 0.787. The maximum atomic E-state index is 12.1. The number of hydrogen-bond acceptors (Lipinski definition) is 4. The Morgan fingerprint density at radius 3 is 2.83 bits per heavy atom. The summed E-state index contributed by atoms with van der Waals surface area (Å²) in [5.74, 6) is 0.696. The van der Waals surface area contributed by atoms with Gasteiger partial charge in [-0.05, 0) is 25.0 Å². The smallest absolute Gasteiger partial charge is 0.315 e. The predicted molar refractivity (Wildman–Crippen MR) is 90.1 cm³/mol. The number of carbonyl (C=O) groups excluding carboxylic acids is 1. The van der Waals surface area contributed by atoms with Crippen LogP contribution in [0.15, 0.2) is 41.0 Å². The molecule has 1 saturated carbocycles. The third kappa shape index (κ3) is 4.14. The number of carbonyl (C=O) groups is 1. The van der Waals surface area contributed by atoms with Crippen molar-refractivity contribution in [2.24, 2.45) is 5.92 Å². The van der Waals surface area contributed by atoms with Crippen molar-refractivity contribution in [2.75, 3.05) is 6.61 Å². The number of aliphatic hydroxyl groups is 1. The van der Waals surface area contributed by atoms with Gasteiger partial charge in [-0.15, -0.1) is 0 Å². The van der Waals surface area contributed by atoms with E-state index in [4.69, 9.17) is 4.42 Å². The molecular formula is C18H23N3O3. The molecule has 1 aliphatic carbocycles. The molecule has 0 spiro atoms. The number of aliphatic hydroxyl groups excluding tert-OH is 1. The first-order valence-electron chi connectivity index (χ1n) is 8.41. The highest BCUT2D eigenvalue weighted by atomic mass is 16.3. The zero-order valence-electron chi connectivity index (χ0n) is 13.6. The van der Waals surface area contributed by atoms with Crippen molar-refractivity contribution in [1.29, 1.82) is 0 Å². The number of rotatable bonds is 5. The number of hydrogen-bond donors (Lipinski definition) is 3. The highest BCUT2D eigenvalue weighted by Gasteiger charge is 2.25. The number of nitrogens with zero attached hydrogens (tertiary/aromatic N) is 1. The minimum atomic E-state index is -0.232. The van der Waals surface area contributed by atoms with Crippen molar-refractivity contribution in [3.05, 3.63) is 42.3 Å². The van der Waals surface area contributed by atoms with Gasteiger partial charge in [0.1, 0.15) is 6.26 Å². The van der Waals surface area contributed by atoms with Crippen LogP contribution in [0.25, 0.3) is 11.5 Å². The van der Waals surface area contributed by atoms with Crippen LogP contribution >= 0.6 is 0 Å². The van der Waals surface area contributed by atoms with Gasteiger partial charge >= 0.3 is 6.03 Å². The van der Waals surface area contributed by atoms with Gasteiger partial charge in [0.2, 0.25) is 5.89 Å². The molecule has 2 atom stereocenters. The Kier molecular flexibility index (Phi) is 5.48. The molecule has 0 radical (unpaired) electrons. The standard InChI is InChI=1S/C18H23N3O3/c22-11-14-8-4-5-9-16(14)21-18(23)19-10-15-12-24-17(20-15)13-6-2-1-3-7-13/h1-3,6-7,12,14,16,22H,4-5,8-11H2,(H2,19,21,23). The van der Waals surface area contributed by atoms with Gasteiger partial charge in [-0.2, -0.15) is 0 Å². The summed E-state index contributed by atoms with van der Waals surface area (Å²) in [6.45, 7) is 0.424. The summed E-state index contributed by atoms with van der Waals surface area (Å²) < 4.78 is 5.45. The first-order chi connectivity index (χ1) is 11.8. The van der Waals surface area contributed by atoms with Crippen molar-refractivity contribution >= 4 is 6.03 Å². The molecule has 6 heteroatoms. The lowest BCUT2D eigenvalue weighted by atomic mass is 9.85. The van der Waals surface area contributed by atoms with E-state index in [2.05, 4.69) is 15.6 Å². The summed E-state index contributed by atoms with van der Waals surface area (Å²) in [5, 5.41) is 15.2. The van der Waals surface area contributed by atoms with Crippen LogP contribution in [0.5, 0.6) is 0 Å². The molecule has 0 aliphatic heterocycles. The van der Waals surface area contributed by atoms with Crippen LogP contribution in [0.3, 0.4) is 0 Å². The number of nitrogens with one attached hydrogen (secondary N) is 2. The maximum absolute atomic E-state index is 12.1. The van der Waals surface area contributed by atoms with Gasteiger partial charge in [0.15, 0.2) is 0 Å². The van der Waals surface area contributed by atoms with Crippen molar-refractivity contribution in [3.8, 4) is 11.5 Å². The van der Waals surface area contributed by atoms with Crippen molar-refractivity contribution < 1.29 is 14.3 Å². The van der Waals surface area contributed by atoms with E-state index in [1.54, 1.807) is 6.26 Å². The third-order valence-electron chi connectivity index (χ3n) is 4.46. The summed E-state index contributed by atoms with van der Waals surface area (Å²) in [4.78, 5) is 16.4. The minimum absolute atomic E-state index is 0.0425. The fourth-order valence-corrected chi connectivity index (χ4v) is 3.11. The number of benzene rings is 1. The van der Waals surface area contributed by atoms with Gasteiger partial charge in [0.25, 0.3) is 0 Å². The van der Waals surface area contributed by atoms with E-state index in [1.165, 1.54) is 0 Å². The van der Waals surface area contributed by atoms with Gasteiger partial charge in [-0.3, -0.25) is 0 Å². The average Bonchev–Trinajstić information content (AvgIpc) is 3.10. The Balaban J connectivity index is 1.50. The van der Waals surface area contributed by atoms with Crippen molar-refractivity contribution in [3.63, 3.8) is 0 Å². The van der Waals surface area contributed by atoms with Crippen LogP contribution in [0.1, 0.15) is 31.4 Å². The van der Waals surface area contributed by atoms with Crippen LogP contribution in [0.4, 0.5) is 4.79 Å². The van der Waals surface area contributed by atoms with Gasteiger partial charge in [0.05, 0.1) is 12.2 Å². The molecule has 128 valence electrons. The van der Waals surface area contributed by atoms with Crippen LogP contribution in [0, 0.1) is 5.92 Å². The molecule has 3 N–H and O–H groups in total. The van der Waals surface area contributed by atoms with E-state index in [-0.39, 0.29) is 24.6 Å². The zero-order chi connectivity index (χ0) is 16.8. The highest BCUT2D eigenvalue weighted by Crippen LogP contribution is 2.23. The molecule has 0 saturated heterocycles. The Hall–Kier alpha value is -2.34. The van der Waals surface area contributed by atoms with Gasteiger partial charge < -0.3 is 20.2 Å². The molecule has 1 aromatic heterocycles. The molecule has 2 unspecified atom stereocenters. The Bertz CT molecular complexity index is 657. The molecule has 1 aromatic carbocycles. The molecule has 1 fully saturated rings. The number of urea groups is 1. The molecule has 24 heavy (non-hydrogen) atoms. The maximum Gasteiger partial charge on any atom is 0.315 e. The largest absolute Gasteiger partial charge is 0.444 e. The summed E-state index contributed by atoms with van der Waals surface area (Å²) in [5.41, 5.74) is 1.58. The van der Waals surface area contributed by atoms with E-state index in [0.717, 1.165) is 31.2 Å². The SMILES string of the molecule is O=C(NCc1coc(-c2ccccc2)n1)NC1CCCCC1CO. The molecule has 0 bridgehead atoms. The normalized spacial score (nSPS) is 20.5. The molecule has 2 amide bonds. The number of amides is 2. The molecule has 1 aliphatic rings. The Labute approximate surface area is 141 Å². The van der Waals surface area contributed by atoms with Gasteiger partial charge in [-0.1, -0.05) is 31.0 Å². The number of oxazole rings is 1. The van der Waals surface area contributed by atoms with Crippen molar-refractivity contribution in [1.82, 2.24) is 15.6 Å². The lowest BCUT2D eigenvalue weighted by molar-refractivity contribution is 0.153. The number of aromatic nitrogens is 1. The summed E-state index contributed by atoms with van der Waals surface area (Å²) in [6.07, 6.45) is 5.64. The van der Waals surface area contributed by atoms with Crippen LogP contribution in [-0.2, 0) is 6.54 Å². The van der Waals surface area contributed by atoms with E-state index >= 15 is 0 Å². The highest BCUT2D eigenvalue weighted by molar-refractivity contribution is 5.74. The first-order valence-corrected chi connectivity index (χ1v) is 8.41. The first kappa shape index (κ1) is 16.5. The molecular weight excluding hydrogens is 306 g/mol. The van der Waals surface area contributed by atoms with E-state index in [1.807, 2.05) is 30.3 Å². The second kappa shape index (κ2) is 7.97. The fraction of sp³-hybridized carbons (Fsp3) is 0.444. The molecule has 3 rings (SSSR count). The van der Waals surface area contributed by atoms with E-state index in [9.17, 15) is 9.90 Å². The Morgan fingerprint density at radius 1 is 1.25 bits per heavy atom. The van der Waals surface area contributed by atoms with Crippen LogP contribution in [0.2, 0.25) is 0 Å². The van der Waals surface area contributed by atoms with Crippen LogP contribution in [-0.4, -0.2) is 28.8 Å². The lowest BCUT2D eigenvalue weighted by Gasteiger charge is -2.30. The average molecular weight is 329 g/mol. The second-order valence-corrected chi connectivity index (χ2v) is 6.17.